The second-order valence-corrected chi connectivity index (χ2v) is 6.75. The fraction of sp³-hybridized carbons (Fsp3) is 0.625. The maximum atomic E-state index is 11.3. The van der Waals surface area contributed by atoms with Gasteiger partial charge in [-0.1, -0.05) is 0 Å². The van der Waals surface area contributed by atoms with Crippen LogP contribution in [-0.2, 0) is 22.5 Å². The van der Waals surface area contributed by atoms with Crippen molar-refractivity contribution < 1.29 is 8.42 Å². The van der Waals surface area contributed by atoms with Crippen molar-refractivity contribution in [3.05, 3.63) is 18.2 Å². The van der Waals surface area contributed by atoms with Crippen molar-refractivity contribution in [2.45, 2.75) is 24.0 Å². The Morgan fingerprint density at radius 1 is 1.64 bits per heavy atom. The van der Waals surface area contributed by atoms with Gasteiger partial charge in [-0.15, -0.1) is 0 Å². The Morgan fingerprint density at radius 3 is 2.64 bits per heavy atom. The van der Waals surface area contributed by atoms with Gasteiger partial charge in [0, 0.05) is 36.0 Å². The molecule has 1 aliphatic carbocycles. The van der Waals surface area contributed by atoms with Crippen molar-refractivity contribution in [2.24, 2.45) is 7.05 Å². The zero-order valence-corrected chi connectivity index (χ0v) is 9.35. The number of rotatable bonds is 3. The molecule has 0 atom stereocenters. The van der Waals surface area contributed by atoms with Gasteiger partial charge in [-0.2, -0.15) is 0 Å². The normalized spacial score (nSPS) is 19.6. The molecule has 0 radical (unpaired) electrons. The van der Waals surface area contributed by atoms with E-state index in [0.717, 1.165) is 5.69 Å². The quantitative estimate of drug-likeness (QED) is 0.735. The first-order valence-electron chi connectivity index (χ1n) is 4.34. The van der Waals surface area contributed by atoms with Gasteiger partial charge in [-0.25, -0.2) is 13.4 Å². The van der Waals surface area contributed by atoms with Crippen LogP contribution in [0, 0.1) is 0 Å². The van der Waals surface area contributed by atoms with Gasteiger partial charge < -0.3 is 4.57 Å². The molecule has 0 aromatic carbocycles. The molecular weight excluding hydrogens is 224 g/mol. The van der Waals surface area contributed by atoms with Crippen LogP contribution >= 0.6 is 10.7 Å². The highest BCUT2D eigenvalue weighted by atomic mass is 35.7. The fourth-order valence-corrected chi connectivity index (χ4v) is 3.07. The Balaban J connectivity index is 2.25. The second-order valence-electron chi connectivity index (χ2n) is 3.79. The number of hydrogen-bond acceptors (Lipinski definition) is 3. The SMILES string of the molecule is Cn1cncc1CC1(S(=O)(=O)Cl)CC1. The highest BCUT2D eigenvalue weighted by molar-refractivity contribution is 8.15. The lowest BCUT2D eigenvalue weighted by molar-refractivity contribution is 0.587. The van der Waals surface area contributed by atoms with Gasteiger partial charge in [0.2, 0.25) is 9.05 Å². The minimum atomic E-state index is -3.45. The fourth-order valence-electron chi connectivity index (χ4n) is 1.53. The van der Waals surface area contributed by atoms with Gasteiger partial charge in [0.1, 0.15) is 0 Å². The van der Waals surface area contributed by atoms with Crippen molar-refractivity contribution >= 4 is 19.7 Å². The molecular formula is C8H11ClN2O2S. The molecule has 0 unspecified atom stereocenters. The Kier molecular flexibility index (Phi) is 2.12. The molecule has 0 bridgehead atoms. The highest BCUT2D eigenvalue weighted by Gasteiger charge is 2.54. The van der Waals surface area contributed by atoms with Crippen LogP contribution in [0.25, 0.3) is 0 Å². The van der Waals surface area contributed by atoms with Crippen molar-refractivity contribution in [1.29, 1.82) is 0 Å². The molecule has 14 heavy (non-hydrogen) atoms. The maximum absolute atomic E-state index is 11.3. The Morgan fingerprint density at radius 2 is 2.29 bits per heavy atom. The molecule has 6 heteroatoms. The first-order chi connectivity index (χ1) is 6.45. The van der Waals surface area contributed by atoms with Crippen molar-refractivity contribution in [3.8, 4) is 0 Å². The lowest BCUT2D eigenvalue weighted by Gasteiger charge is -2.10. The summed E-state index contributed by atoms with van der Waals surface area (Å²) < 4.78 is 23.7. The minimum absolute atomic E-state index is 0.468. The third kappa shape index (κ3) is 1.54. The summed E-state index contributed by atoms with van der Waals surface area (Å²) in [6, 6.07) is 0. The van der Waals surface area contributed by atoms with E-state index in [2.05, 4.69) is 4.98 Å². The van der Waals surface area contributed by atoms with E-state index in [0.29, 0.717) is 19.3 Å². The zero-order chi connectivity index (χ0) is 10.4. The molecule has 1 aromatic heterocycles. The standard InChI is InChI=1S/C8H11ClN2O2S/c1-11-6-10-5-7(11)4-8(2-3-8)14(9,12)13/h5-6H,2-4H2,1H3. The first-order valence-corrected chi connectivity index (χ1v) is 6.65. The Bertz CT molecular complexity index is 448. The van der Waals surface area contributed by atoms with Crippen molar-refractivity contribution in [2.75, 3.05) is 0 Å². The number of hydrogen-bond donors (Lipinski definition) is 0. The Labute approximate surface area is 87.3 Å². The summed E-state index contributed by atoms with van der Waals surface area (Å²) in [5.41, 5.74) is 0.909. The number of imidazole rings is 1. The van der Waals surface area contributed by atoms with Crippen LogP contribution in [0.1, 0.15) is 18.5 Å². The first kappa shape index (κ1) is 9.98. The van der Waals surface area contributed by atoms with Crippen LogP contribution < -0.4 is 0 Å². The highest BCUT2D eigenvalue weighted by Crippen LogP contribution is 2.47. The van der Waals surface area contributed by atoms with E-state index in [1.165, 1.54) is 0 Å². The summed E-state index contributed by atoms with van der Waals surface area (Å²) >= 11 is 0. The molecule has 1 fully saturated rings. The van der Waals surface area contributed by atoms with E-state index in [4.69, 9.17) is 10.7 Å². The monoisotopic (exact) mass is 234 g/mol. The van der Waals surface area contributed by atoms with Crippen molar-refractivity contribution in [3.63, 3.8) is 0 Å². The van der Waals surface area contributed by atoms with Gasteiger partial charge in [-0.3, -0.25) is 0 Å². The summed E-state index contributed by atoms with van der Waals surface area (Å²) in [5.74, 6) is 0. The van der Waals surface area contributed by atoms with Crippen LogP contribution in [0.3, 0.4) is 0 Å². The average molecular weight is 235 g/mol. The van der Waals surface area contributed by atoms with Crippen LogP contribution in [0.4, 0.5) is 0 Å². The average Bonchev–Trinajstić information content (AvgIpc) is 2.73. The number of aryl methyl sites for hydroxylation is 1. The predicted molar refractivity (Wildman–Crippen MR) is 53.6 cm³/mol. The van der Waals surface area contributed by atoms with E-state index >= 15 is 0 Å². The molecule has 1 aromatic rings. The van der Waals surface area contributed by atoms with Crippen LogP contribution in [-0.4, -0.2) is 22.7 Å². The largest absolute Gasteiger partial charge is 0.338 e. The number of nitrogens with zero attached hydrogens (tertiary/aromatic N) is 2. The molecule has 0 saturated heterocycles. The van der Waals surface area contributed by atoms with E-state index in [1.807, 2.05) is 11.6 Å². The van der Waals surface area contributed by atoms with Crippen molar-refractivity contribution in [1.82, 2.24) is 9.55 Å². The van der Waals surface area contributed by atoms with Crippen LogP contribution in [0.2, 0.25) is 0 Å². The number of aromatic nitrogens is 2. The summed E-state index contributed by atoms with van der Waals surface area (Å²) in [5, 5.41) is 0. The summed E-state index contributed by atoms with van der Waals surface area (Å²) in [7, 11) is 3.79. The van der Waals surface area contributed by atoms with Gasteiger partial charge in [0.15, 0.2) is 0 Å². The molecule has 0 spiro atoms. The zero-order valence-electron chi connectivity index (χ0n) is 7.77. The number of halogens is 1. The van der Waals surface area contributed by atoms with Gasteiger partial charge in [-0.05, 0) is 12.8 Å². The lowest BCUT2D eigenvalue weighted by Crippen LogP contribution is -2.22. The van der Waals surface area contributed by atoms with E-state index < -0.39 is 13.8 Å². The van der Waals surface area contributed by atoms with Crippen LogP contribution in [0.15, 0.2) is 12.5 Å². The molecule has 78 valence electrons. The van der Waals surface area contributed by atoms with Gasteiger partial charge in [0.05, 0.1) is 11.1 Å². The Hall–Kier alpha value is -0.550. The third-order valence-corrected chi connectivity index (χ3v) is 5.31. The summed E-state index contributed by atoms with van der Waals surface area (Å²) in [4.78, 5) is 3.94. The molecule has 0 amide bonds. The van der Waals surface area contributed by atoms with E-state index in [1.54, 1.807) is 12.5 Å². The topological polar surface area (TPSA) is 52.0 Å². The lowest BCUT2D eigenvalue weighted by atomic mass is 10.2. The molecule has 1 heterocycles. The molecule has 1 aliphatic rings. The van der Waals surface area contributed by atoms with Gasteiger partial charge >= 0.3 is 0 Å². The van der Waals surface area contributed by atoms with Crippen LogP contribution in [0.5, 0.6) is 0 Å². The maximum Gasteiger partial charge on any atom is 0.238 e. The summed E-state index contributed by atoms with van der Waals surface area (Å²) in [6.07, 6.45) is 5.12. The van der Waals surface area contributed by atoms with Gasteiger partial charge in [0.25, 0.3) is 0 Å². The molecule has 0 aliphatic heterocycles. The van der Waals surface area contributed by atoms with E-state index in [9.17, 15) is 8.42 Å². The summed E-state index contributed by atoms with van der Waals surface area (Å²) in [6.45, 7) is 0. The second kappa shape index (κ2) is 2.97. The minimum Gasteiger partial charge on any atom is -0.338 e. The smallest absolute Gasteiger partial charge is 0.238 e. The van der Waals surface area contributed by atoms with E-state index in [-0.39, 0.29) is 0 Å². The molecule has 2 rings (SSSR count). The third-order valence-electron chi connectivity index (χ3n) is 2.74. The molecule has 4 nitrogen and oxygen atoms in total. The molecule has 0 N–H and O–H groups in total. The molecule has 1 saturated carbocycles. The predicted octanol–water partition coefficient (Wildman–Crippen LogP) is 1.06.